The van der Waals surface area contributed by atoms with Crippen LogP contribution in [0.2, 0.25) is 0 Å². The standard InChI is InChI=1S/C18H24N6O3/c1-8-21-15(23-9-4-3-5-9)11-16(22-8)24(7-20-11)12-10-6-18(10,17(27)19-2)14(26)13(12)25/h7,9-10,12-14,25-26H,3-6H2,1-2H3,(H,19,27)(H,21,22,23)/t10-,12-,13-,14?,18+/m1/s1. The van der Waals surface area contributed by atoms with Gasteiger partial charge in [0.25, 0.3) is 0 Å². The van der Waals surface area contributed by atoms with Crippen LogP contribution in [0.15, 0.2) is 6.33 Å². The molecule has 4 N–H and O–H groups in total. The van der Waals surface area contributed by atoms with Crippen LogP contribution >= 0.6 is 0 Å². The Morgan fingerprint density at radius 1 is 1.33 bits per heavy atom. The van der Waals surface area contributed by atoms with Gasteiger partial charge in [-0.05, 0) is 32.6 Å². The van der Waals surface area contributed by atoms with Crippen molar-refractivity contribution in [3.05, 3.63) is 12.2 Å². The van der Waals surface area contributed by atoms with Crippen LogP contribution in [0.5, 0.6) is 0 Å². The molecule has 3 saturated carbocycles. The van der Waals surface area contributed by atoms with Crippen molar-refractivity contribution < 1.29 is 15.0 Å². The molecule has 2 aromatic rings. The molecule has 3 fully saturated rings. The first-order valence-electron chi connectivity index (χ1n) is 9.53. The monoisotopic (exact) mass is 372 g/mol. The zero-order chi connectivity index (χ0) is 18.9. The fourth-order valence-electron chi connectivity index (χ4n) is 4.88. The molecule has 3 aliphatic carbocycles. The predicted molar refractivity (Wildman–Crippen MR) is 97.0 cm³/mol. The van der Waals surface area contributed by atoms with E-state index in [1.807, 2.05) is 11.5 Å². The first-order chi connectivity index (χ1) is 13.0. The lowest BCUT2D eigenvalue weighted by atomic mass is 9.93. The molecule has 9 heteroatoms. The summed E-state index contributed by atoms with van der Waals surface area (Å²) < 4.78 is 1.81. The van der Waals surface area contributed by atoms with E-state index in [-0.39, 0.29) is 11.8 Å². The van der Waals surface area contributed by atoms with E-state index in [9.17, 15) is 15.0 Å². The number of anilines is 1. The number of aryl methyl sites for hydroxylation is 1. The summed E-state index contributed by atoms with van der Waals surface area (Å²) in [6.07, 6.45) is 3.51. The summed E-state index contributed by atoms with van der Waals surface area (Å²) in [5, 5.41) is 27.3. The van der Waals surface area contributed by atoms with Gasteiger partial charge in [-0.1, -0.05) is 0 Å². The predicted octanol–water partition coefficient (Wildman–Crippen LogP) is 0.128. The van der Waals surface area contributed by atoms with Crippen LogP contribution in [0.4, 0.5) is 5.82 Å². The number of fused-ring (bicyclic) bond motifs is 2. The van der Waals surface area contributed by atoms with Gasteiger partial charge in [0.05, 0.1) is 23.9 Å². The minimum Gasteiger partial charge on any atom is -0.389 e. The summed E-state index contributed by atoms with van der Waals surface area (Å²) in [4.78, 5) is 25.9. The molecule has 0 aliphatic heterocycles. The van der Waals surface area contributed by atoms with Crippen molar-refractivity contribution >= 4 is 22.9 Å². The third kappa shape index (κ3) is 2.18. The van der Waals surface area contributed by atoms with Gasteiger partial charge in [-0.2, -0.15) is 0 Å². The maximum atomic E-state index is 12.3. The third-order valence-corrected chi connectivity index (χ3v) is 6.62. The lowest BCUT2D eigenvalue weighted by molar-refractivity contribution is -0.132. The summed E-state index contributed by atoms with van der Waals surface area (Å²) in [6.45, 7) is 1.83. The summed E-state index contributed by atoms with van der Waals surface area (Å²) in [5.41, 5.74) is 0.372. The first-order valence-corrected chi connectivity index (χ1v) is 9.53. The molecule has 2 heterocycles. The number of nitrogens with one attached hydrogen (secondary N) is 2. The molecule has 0 spiro atoms. The van der Waals surface area contributed by atoms with E-state index in [2.05, 4.69) is 25.6 Å². The minimum absolute atomic E-state index is 0.141. The van der Waals surface area contributed by atoms with Gasteiger partial charge in [0.15, 0.2) is 11.5 Å². The Kier molecular flexibility index (Phi) is 3.51. The van der Waals surface area contributed by atoms with Gasteiger partial charge in [0.2, 0.25) is 5.91 Å². The van der Waals surface area contributed by atoms with Gasteiger partial charge >= 0.3 is 0 Å². The average molecular weight is 372 g/mol. The molecule has 0 aromatic carbocycles. The van der Waals surface area contributed by atoms with E-state index in [0.717, 1.165) is 12.8 Å². The van der Waals surface area contributed by atoms with Crippen LogP contribution in [0.1, 0.15) is 37.5 Å². The van der Waals surface area contributed by atoms with Crippen molar-refractivity contribution in [2.24, 2.45) is 11.3 Å². The number of carbonyl (C=O) groups is 1. The number of imidazole rings is 1. The lowest BCUT2D eigenvalue weighted by Gasteiger charge is -2.27. The molecular weight excluding hydrogens is 348 g/mol. The Morgan fingerprint density at radius 2 is 2.11 bits per heavy atom. The van der Waals surface area contributed by atoms with Crippen LogP contribution in [0.25, 0.3) is 11.2 Å². The Labute approximate surface area is 156 Å². The molecular formula is C18H24N6O3. The molecule has 5 atom stereocenters. The maximum absolute atomic E-state index is 12.3. The lowest BCUT2D eigenvalue weighted by Crippen LogP contribution is -2.41. The Bertz CT molecular complexity index is 925. The number of nitrogens with zero attached hydrogens (tertiary/aromatic N) is 4. The van der Waals surface area contributed by atoms with E-state index >= 15 is 0 Å². The maximum Gasteiger partial charge on any atom is 0.229 e. The molecule has 27 heavy (non-hydrogen) atoms. The minimum atomic E-state index is -1.10. The SMILES string of the molecule is CNC(=O)[C@@]12C[C@@H]1[C@@H](n1cnc3c(NC4CCC4)nc(C)nc31)[C@@H](O)C2O. The van der Waals surface area contributed by atoms with E-state index < -0.39 is 23.7 Å². The number of carbonyl (C=O) groups excluding carboxylic acids is 1. The highest BCUT2D eigenvalue weighted by Crippen LogP contribution is 2.67. The molecule has 1 amide bonds. The highest BCUT2D eigenvalue weighted by atomic mass is 16.3. The van der Waals surface area contributed by atoms with Crippen molar-refractivity contribution in [2.45, 2.75) is 56.9 Å². The van der Waals surface area contributed by atoms with E-state index in [0.29, 0.717) is 35.3 Å². The molecule has 2 aromatic heterocycles. The molecule has 9 nitrogen and oxygen atoms in total. The second-order valence-electron chi connectivity index (χ2n) is 8.07. The summed E-state index contributed by atoms with van der Waals surface area (Å²) in [5.74, 6) is 0.970. The van der Waals surface area contributed by atoms with E-state index in [1.54, 1.807) is 13.4 Å². The van der Waals surface area contributed by atoms with Crippen molar-refractivity contribution in [3.8, 4) is 0 Å². The van der Waals surface area contributed by atoms with Gasteiger partial charge in [-0.25, -0.2) is 15.0 Å². The van der Waals surface area contributed by atoms with E-state index in [1.165, 1.54) is 6.42 Å². The molecule has 3 aliphatic rings. The number of rotatable bonds is 4. The number of amides is 1. The van der Waals surface area contributed by atoms with E-state index in [4.69, 9.17) is 0 Å². The molecule has 144 valence electrons. The van der Waals surface area contributed by atoms with Crippen molar-refractivity contribution in [2.75, 3.05) is 12.4 Å². The second-order valence-corrected chi connectivity index (χ2v) is 8.07. The number of aliphatic hydroxyl groups excluding tert-OH is 2. The van der Waals surface area contributed by atoms with Crippen LogP contribution < -0.4 is 10.6 Å². The van der Waals surface area contributed by atoms with Crippen molar-refractivity contribution in [1.82, 2.24) is 24.8 Å². The third-order valence-electron chi connectivity index (χ3n) is 6.62. The smallest absolute Gasteiger partial charge is 0.229 e. The number of hydrogen-bond acceptors (Lipinski definition) is 7. The number of aromatic nitrogens is 4. The van der Waals surface area contributed by atoms with Crippen molar-refractivity contribution in [3.63, 3.8) is 0 Å². The van der Waals surface area contributed by atoms with Crippen LogP contribution in [-0.4, -0.2) is 60.9 Å². The number of hydrogen-bond donors (Lipinski definition) is 4. The molecule has 5 rings (SSSR count). The molecule has 0 bridgehead atoms. The van der Waals surface area contributed by atoms with Crippen LogP contribution in [0, 0.1) is 18.3 Å². The largest absolute Gasteiger partial charge is 0.389 e. The van der Waals surface area contributed by atoms with Crippen molar-refractivity contribution in [1.29, 1.82) is 0 Å². The second kappa shape index (κ2) is 5.62. The molecule has 0 saturated heterocycles. The Morgan fingerprint density at radius 3 is 2.78 bits per heavy atom. The summed E-state index contributed by atoms with van der Waals surface area (Å²) in [7, 11) is 1.56. The van der Waals surface area contributed by atoms with Gasteiger partial charge in [-0.3, -0.25) is 4.79 Å². The molecule has 0 radical (unpaired) electrons. The zero-order valence-electron chi connectivity index (χ0n) is 15.4. The Hall–Kier alpha value is -2.26. The van der Waals surface area contributed by atoms with Gasteiger partial charge in [0, 0.05) is 19.0 Å². The fourth-order valence-corrected chi connectivity index (χ4v) is 4.88. The van der Waals surface area contributed by atoms with Crippen LogP contribution in [0.3, 0.4) is 0 Å². The average Bonchev–Trinajstić information content (AvgIpc) is 3.15. The zero-order valence-corrected chi connectivity index (χ0v) is 15.4. The highest BCUT2D eigenvalue weighted by Gasteiger charge is 2.75. The quantitative estimate of drug-likeness (QED) is 0.601. The fraction of sp³-hybridized carbons (Fsp3) is 0.667. The van der Waals surface area contributed by atoms with Gasteiger partial charge < -0.3 is 25.4 Å². The number of aliphatic hydroxyl groups is 2. The normalized spacial score (nSPS) is 35.0. The summed E-state index contributed by atoms with van der Waals surface area (Å²) >= 11 is 0. The van der Waals surface area contributed by atoms with Crippen LogP contribution in [-0.2, 0) is 4.79 Å². The highest BCUT2D eigenvalue weighted by molar-refractivity contribution is 5.88. The topological polar surface area (TPSA) is 125 Å². The first kappa shape index (κ1) is 16.9. The molecule has 1 unspecified atom stereocenters. The Balaban J connectivity index is 1.55. The van der Waals surface area contributed by atoms with Gasteiger partial charge in [-0.15, -0.1) is 0 Å². The summed E-state index contributed by atoms with van der Waals surface area (Å²) in [6, 6.07) is -0.0240. The van der Waals surface area contributed by atoms with Gasteiger partial charge in [0.1, 0.15) is 17.4 Å².